The molecule has 112 valence electrons. The van der Waals surface area contributed by atoms with Gasteiger partial charge in [0.1, 0.15) is 0 Å². The number of rotatable bonds is 4. The lowest BCUT2D eigenvalue weighted by molar-refractivity contribution is -0.116. The molecular weight excluding hydrogens is 274 g/mol. The Balaban J connectivity index is 1.64. The van der Waals surface area contributed by atoms with E-state index >= 15 is 0 Å². The molecule has 0 spiro atoms. The minimum Gasteiger partial charge on any atom is -0.326 e. The summed E-state index contributed by atoms with van der Waals surface area (Å²) in [6.07, 6.45) is 0.411. The molecule has 0 saturated heterocycles. The Morgan fingerprint density at radius 1 is 1.09 bits per heavy atom. The third kappa shape index (κ3) is 3.17. The van der Waals surface area contributed by atoms with Crippen LogP contribution in [-0.2, 0) is 11.3 Å². The molecule has 0 atom stereocenters. The first-order valence-corrected chi connectivity index (χ1v) is 7.41. The van der Waals surface area contributed by atoms with Gasteiger partial charge in [0, 0.05) is 24.3 Å². The molecule has 0 aliphatic heterocycles. The minimum absolute atomic E-state index is 0.00262. The number of aryl methyl sites for hydroxylation is 3. The quantitative estimate of drug-likeness (QED) is 0.797. The molecule has 4 nitrogen and oxygen atoms in total. The topological polar surface area (TPSA) is 46.9 Å². The number of hydrogen-bond donors (Lipinski definition) is 1. The van der Waals surface area contributed by atoms with Crippen LogP contribution in [-0.4, -0.2) is 15.7 Å². The lowest BCUT2D eigenvalue weighted by Crippen LogP contribution is -2.15. The number of fused-ring (bicyclic) bond motifs is 1. The number of carbonyl (C=O) groups excluding carboxylic acids is 1. The van der Waals surface area contributed by atoms with E-state index in [1.807, 2.05) is 61.0 Å². The smallest absolute Gasteiger partial charge is 0.226 e. The zero-order valence-electron chi connectivity index (χ0n) is 12.8. The van der Waals surface area contributed by atoms with Crippen molar-refractivity contribution in [1.82, 2.24) is 9.78 Å². The van der Waals surface area contributed by atoms with Crippen molar-refractivity contribution in [3.05, 3.63) is 59.9 Å². The maximum Gasteiger partial charge on any atom is 0.226 e. The van der Waals surface area contributed by atoms with E-state index in [9.17, 15) is 4.79 Å². The van der Waals surface area contributed by atoms with Crippen LogP contribution in [0.5, 0.6) is 0 Å². The van der Waals surface area contributed by atoms with Gasteiger partial charge in [0.25, 0.3) is 0 Å². The predicted molar refractivity (Wildman–Crippen MR) is 88.9 cm³/mol. The summed E-state index contributed by atoms with van der Waals surface area (Å²) in [5.41, 5.74) is 2.89. The molecule has 1 N–H and O–H groups in total. The fourth-order valence-electron chi connectivity index (χ4n) is 2.60. The second-order valence-electron chi connectivity index (χ2n) is 5.51. The number of carbonyl (C=O) groups is 1. The molecule has 0 bridgehead atoms. The number of nitrogens with zero attached hydrogens (tertiary/aromatic N) is 2. The average molecular weight is 293 g/mol. The standard InChI is InChI=1S/C18H19N3O/c1-13-11-14(2)21(20-13)10-9-18(22)19-17-8-7-15-5-3-4-6-16(15)12-17/h3-8,11-12H,9-10H2,1-2H3,(H,19,22). The third-order valence-corrected chi connectivity index (χ3v) is 3.69. The molecule has 0 aliphatic carbocycles. The van der Waals surface area contributed by atoms with E-state index < -0.39 is 0 Å². The molecule has 1 aromatic heterocycles. The fraction of sp³-hybridized carbons (Fsp3) is 0.222. The minimum atomic E-state index is 0.00262. The Kier molecular flexibility index (Phi) is 3.92. The molecule has 1 amide bonds. The van der Waals surface area contributed by atoms with Crippen LogP contribution in [0.4, 0.5) is 5.69 Å². The number of benzene rings is 2. The van der Waals surface area contributed by atoms with Gasteiger partial charge in [0.2, 0.25) is 5.91 Å². The van der Waals surface area contributed by atoms with Gasteiger partial charge in [-0.15, -0.1) is 0 Å². The third-order valence-electron chi connectivity index (χ3n) is 3.69. The summed E-state index contributed by atoms with van der Waals surface area (Å²) >= 11 is 0. The second-order valence-corrected chi connectivity index (χ2v) is 5.51. The predicted octanol–water partition coefficient (Wildman–Crippen LogP) is 3.68. The van der Waals surface area contributed by atoms with Gasteiger partial charge in [0.15, 0.2) is 0 Å². The maximum atomic E-state index is 12.1. The normalized spacial score (nSPS) is 10.8. The van der Waals surface area contributed by atoms with Crippen LogP contribution >= 0.6 is 0 Å². The maximum absolute atomic E-state index is 12.1. The Hall–Kier alpha value is -2.62. The lowest BCUT2D eigenvalue weighted by atomic mass is 10.1. The first kappa shape index (κ1) is 14.3. The summed E-state index contributed by atoms with van der Waals surface area (Å²) in [5.74, 6) is 0.00262. The van der Waals surface area contributed by atoms with Gasteiger partial charge in [-0.2, -0.15) is 5.10 Å². The van der Waals surface area contributed by atoms with Crippen LogP contribution in [0.15, 0.2) is 48.5 Å². The van der Waals surface area contributed by atoms with Crippen LogP contribution < -0.4 is 5.32 Å². The van der Waals surface area contributed by atoms with Gasteiger partial charge in [0.05, 0.1) is 5.69 Å². The zero-order valence-corrected chi connectivity index (χ0v) is 12.8. The van der Waals surface area contributed by atoms with E-state index in [0.717, 1.165) is 22.5 Å². The first-order valence-electron chi connectivity index (χ1n) is 7.41. The molecule has 0 radical (unpaired) electrons. The van der Waals surface area contributed by atoms with Crippen LogP contribution in [0, 0.1) is 13.8 Å². The van der Waals surface area contributed by atoms with Gasteiger partial charge in [-0.25, -0.2) is 0 Å². The summed E-state index contributed by atoms with van der Waals surface area (Å²) in [6.45, 7) is 4.55. The van der Waals surface area contributed by atoms with E-state index in [1.54, 1.807) is 0 Å². The van der Waals surface area contributed by atoms with E-state index in [2.05, 4.69) is 16.5 Å². The van der Waals surface area contributed by atoms with Crippen molar-refractivity contribution >= 4 is 22.4 Å². The van der Waals surface area contributed by atoms with Gasteiger partial charge in [-0.3, -0.25) is 9.48 Å². The highest BCUT2D eigenvalue weighted by atomic mass is 16.1. The molecule has 0 saturated carbocycles. The van der Waals surface area contributed by atoms with E-state index in [0.29, 0.717) is 13.0 Å². The van der Waals surface area contributed by atoms with Crippen molar-refractivity contribution in [1.29, 1.82) is 0 Å². The molecule has 3 rings (SSSR count). The largest absolute Gasteiger partial charge is 0.326 e. The van der Waals surface area contributed by atoms with Crippen molar-refractivity contribution in [2.75, 3.05) is 5.32 Å². The molecule has 1 heterocycles. The van der Waals surface area contributed by atoms with Gasteiger partial charge in [-0.05, 0) is 42.8 Å². The van der Waals surface area contributed by atoms with Crippen molar-refractivity contribution in [2.45, 2.75) is 26.8 Å². The molecule has 3 aromatic rings. The molecule has 0 aliphatic rings. The molecule has 0 fully saturated rings. The Morgan fingerprint density at radius 2 is 1.86 bits per heavy atom. The molecule has 0 unspecified atom stereocenters. The van der Waals surface area contributed by atoms with Crippen LogP contribution in [0.2, 0.25) is 0 Å². The number of anilines is 1. The summed E-state index contributed by atoms with van der Waals surface area (Å²) in [7, 11) is 0. The van der Waals surface area contributed by atoms with Crippen molar-refractivity contribution in [3.63, 3.8) is 0 Å². The van der Waals surface area contributed by atoms with Gasteiger partial charge in [-0.1, -0.05) is 30.3 Å². The highest BCUT2D eigenvalue weighted by molar-refractivity contribution is 5.94. The van der Waals surface area contributed by atoms with Gasteiger partial charge < -0.3 is 5.32 Å². The number of nitrogens with one attached hydrogen (secondary N) is 1. The number of amides is 1. The van der Waals surface area contributed by atoms with Crippen molar-refractivity contribution in [3.8, 4) is 0 Å². The highest BCUT2D eigenvalue weighted by Gasteiger charge is 2.06. The number of aromatic nitrogens is 2. The monoisotopic (exact) mass is 293 g/mol. The first-order chi connectivity index (χ1) is 10.6. The van der Waals surface area contributed by atoms with Crippen LogP contribution in [0.1, 0.15) is 17.8 Å². The van der Waals surface area contributed by atoms with E-state index in [1.165, 1.54) is 5.39 Å². The highest BCUT2D eigenvalue weighted by Crippen LogP contribution is 2.19. The van der Waals surface area contributed by atoms with Crippen molar-refractivity contribution < 1.29 is 4.79 Å². The SMILES string of the molecule is Cc1cc(C)n(CCC(=O)Nc2ccc3ccccc3c2)n1. The second kappa shape index (κ2) is 6.02. The fourth-order valence-corrected chi connectivity index (χ4v) is 2.60. The Morgan fingerprint density at radius 3 is 2.59 bits per heavy atom. The van der Waals surface area contributed by atoms with Crippen LogP contribution in [0.3, 0.4) is 0 Å². The summed E-state index contributed by atoms with van der Waals surface area (Å²) < 4.78 is 1.87. The molecule has 22 heavy (non-hydrogen) atoms. The molecule has 2 aromatic carbocycles. The van der Waals surface area contributed by atoms with Crippen molar-refractivity contribution in [2.24, 2.45) is 0 Å². The Bertz CT molecular complexity index is 820. The summed E-state index contributed by atoms with van der Waals surface area (Å²) in [5, 5.41) is 9.61. The number of hydrogen-bond acceptors (Lipinski definition) is 2. The average Bonchev–Trinajstić information content (AvgIpc) is 2.83. The summed E-state index contributed by atoms with van der Waals surface area (Å²) in [4.78, 5) is 12.1. The molecule has 4 heteroatoms. The van der Waals surface area contributed by atoms with Crippen LogP contribution in [0.25, 0.3) is 10.8 Å². The zero-order chi connectivity index (χ0) is 15.5. The molecular formula is C18H19N3O. The van der Waals surface area contributed by atoms with Gasteiger partial charge >= 0.3 is 0 Å². The Labute approximate surface area is 129 Å². The summed E-state index contributed by atoms with van der Waals surface area (Å²) in [6, 6.07) is 16.1. The van der Waals surface area contributed by atoms with E-state index in [4.69, 9.17) is 0 Å². The van der Waals surface area contributed by atoms with E-state index in [-0.39, 0.29) is 5.91 Å². The lowest BCUT2D eigenvalue weighted by Gasteiger charge is -2.07.